The van der Waals surface area contributed by atoms with Crippen LogP contribution < -0.4 is 4.90 Å². The maximum absolute atomic E-state index is 5.37. The molecule has 0 fully saturated rings. The van der Waals surface area contributed by atoms with E-state index in [9.17, 15) is 0 Å². The Labute approximate surface area is 134 Å². The van der Waals surface area contributed by atoms with Gasteiger partial charge >= 0.3 is 0 Å². The highest BCUT2D eigenvalue weighted by Crippen LogP contribution is 2.30. The smallest absolute Gasteiger partial charge is 0.0798 e. The summed E-state index contributed by atoms with van der Waals surface area (Å²) in [7, 11) is 2.14. The molecule has 2 nitrogen and oxygen atoms in total. The van der Waals surface area contributed by atoms with Crippen LogP contribution in [0.15, 0.2) is 0 Å². The van der Waals surface area contributed by atoms with Crippen LogP contribution in [-0.4, -0.2) is 38.1 Å². The fraction of sp³-hybridized carbons (Fsp3) is 0.750. The van der Waals surface area contributed by atoms with Gasteiger partial charge in [0.15, 0.2) is 0 Å². The minimum Gasteiger partial charge on any atom is -0.373 e. The highest BCUT2D eigenvalue weighted by atomic mass is 32.1. The van der Waals surface area contributed by atoms with Crippen molar-refractivity contribution in [3.05, 3.63) is 14.6 Å². The summed E-state index contributed by atoms with van der Waals surface area (Å²) in [4.78, 5) is 4.83. The zero-order chi connectivity index (χ0) is 15.1. The van der Waals surface area contributed by atoms with Crippen LogP contribution in [0.3, 0.4) is 0 Å². The predicted octanol–water partition coefficient (Wildman–Crippen LogP) is 4.53. The van der Waals surface area contributed by atoms with E-state index in [0.717, 1.165) is 28.5 Å². The molecule has 20 heavy (non-hydrogen) atoms. The van der Waals surface area contributed by atoms with Gasteiger partial charge in [0.25, 0.3) is 0 Å². The first-order chi connectivity index (χ1) is 9.56. The monoisotopic (exact) mass is 312 g/mol. The Morgan fingerprint density at radius 2 is 1.55 bits per heavy atom. The molecule has 0 unspecified atom stereocenters. The molecule has 0 amide bonds. The van der Waals surface area contributed by atoms with Crippen LogP contribution in [0.2, 0.25) is 0 Å². The van der Waals surface area contributed by atoms with Gasteiger partial charge in [-0.05, 0) is 50.9 Å². The molecule has 0 aliphatic heterocycles. The highest BCUT2D eigenvalue weighted by molar-refractivity contribution is 7.74. The van der Waals surface area contributed by atoms with Crippen molar-refractivity contribution in [3.8, 4) is 0 Å². The molecule has 0 heterocycles. The lowest BCUT2D eigenvalue weighted by molar-refractivity contribution is 0.283. The summed E-state index contributed by atoms with van der Waals surface area (Å²) in [5, 5.41) is 0. The van der Waals surface area contributed by atoms with E-state index in [4.69, 9.17) is 24.4 Å². The van der Waals surface area contributed by atoms with Crippen LogP contribution >= 0.6 is 24.4 Å². The molecule has 0 aromatic heterocycles. The second-order valence-electron chi connectivity index (χ2n) is 5.40. The van der Waals surface area contributed by atoms with Crippen LogP contribution in [0.4, 0.5) is 5.69 Å². The molecule has 114 valence electrons. The average Bonchev–Trinajstić information content (AvgIpc) is 2.46. The molecule has 4 heteroatoms. The zero-order valence-electron chi connectivity index (χ0n) is 13.4. The van der Waals surface area contributed by atoms with Crippen molar-refractivity contribution in [1.29, 1.82) is 0 Å². The quantitative estimate of drug-likeness (QED) is 0.462. The number of hydrogen-bond donors (Lipinski definition) is 0. The summed E-state index contributed by atoms with van der Waals surface area (Å²) in [6, 6.07) is 0. The van der Waals surface area contributed by atoms with E-state index in [0.29, 0.717) is 0 Å². The Hall–Kier alpha value is -0.320. The summed E-state index contributed by atoms with van der Waals surface area (Å²) in [5.41, 5.74) is 2.52. The Balaban J connectivity index is 2.37. The van der Waals surface area contributed by atoms with E-state index in [-0.39, 0.29) is 0 Å². The largest absolute Gasteiger partial charge is 0.373 e. The lowest BCUT2D eigenvalue weighted by Crippen LogP contribution is -2.27. The van der Waals surface area contributed by atoms with Crippen molar-refractivity contribution in [2.45, 2.75) is 46.5 Å². The molecular weight excluding hydrogens is 284 g/mol. The SMILES string of the molecule is CCCN(CC)CCCCN(C)c1c(CC)c(=S)c1=S. The van der Waals surface area contributed by atoms with Crippen LogP contribution in [0.25, 0.3) is 0 Å². The normalized spacial score (nSPS) is 11.4. The zero-order valence-corrected chi connectivity index (χ0v) is 15.0. The van der Waals surface area contributed by atoms with Crippen molar-refractivity contribution >= 4 is 30.1 Å². The molecule has 0 radical (unpaired) electrons. The second-order valence-corrected chi connectivity index (χ2v) is 6.22. The van der Waals surface area contributed by atoms with Gasteiger partial charge in [0.2, 0.25) is 0 Å². The summed E-state index contributed by atoms with van der Waals surface area (Å²) in [6.45, 7) is 11.3. The molecule has 0 N–H and O–H groups in total. The van der Waals surface area contributed by atoms with E-state index in [1.807, 2.05) is 0 Å². The molecule has 0 saturated carbocycles. The molecule has 0 bridgehead atoms. The van der Waals surface area contributed by atoms with Crippen molar-refractivity contribution in [3.63, 3.8) is 0 Å². The summed E-state index contributed by atoms with van der Waals surface area (Å²) < 4.78 is 1.82. The minimum atomic E-state index is 0.903. The molecule has 1 rings (SSSR count). The molecule has 1 aromatic carbocycles. The van der Waals surface area contributed by atoms with Gasteiger partial charge in [0.1, 0.15) is 0 Å². The first-order valence-electron chi connectivity index (χ1n) is 7.82. The lowest BCUT2D eigenvalue weighted by atomic mass is 10.1. The van der Waals surface area contributed by atoms with Gasteiger partial charge < -0.3 is 9.80 Å². The molecule has 1 aromatic rings. The number of anilines is 1. The van der Waals surface area contributed by atoms with Gasteiger partial charge in [-0.25, -0.2) is 0 Å². The third-order valence-electron chi connectivity index (χ3n) is 3.92. The fourth-order valence-corrected chi connectivity index (χ4v) is 3.44. The summed E-state index contributed by atoms with van der Waals surface area (Å²) in [6.07, 6.45) is 4.71. The van der Waals surface area contributed by atoms with Crippen LogP contribution in [0.1, 0.15) is 45.6 Å². The van der Waals surface area contributed by atoms with E-state index in [1.54, 1.807) is 0 Å². The Morgan fingerprint density at radius 3 is 2.10 bits per heavy atom. The summed E-state index contributed by atoms with van der Waals surface area (Å²) >= 11 is 10.7. The number of rotatable bonds is 10. The highest BCUT2D eigenvalue weighted by Gasteiger charge is 2.16. The van der Waals surface area contributed by atoms with Gasteiger partial charge in [0, 0.05) is 13.6 Å². The topological polar surface area (TPSA) is 6.48 Å². The van der Waals surface area contributed by atoms with E-state index >= 15 is 0 Å². The van der Waals surface area contributed by atoms with E-state index in [2.05, 4.69) is 37.6 Å². The molecule has 0 atom stereocenters. The lowest BCUT2D eigenvalue weighted by Gasteiger charge is -2.26. The van der Waals surface area contributed by atoms with Crippen LogP contribution in [0, 0.1) is 9.02 Å². The Bertz CT molecular complexity index is 475. The Kier molecular flexibility index (Phi) is 7.85. The number of unbranched alkanes of at least 4 members (excludes halogenated alkanes) is 1. The van der Waals surface area contributed by atoms with Gasteiger partial charge in [-0.3, -0.25) is 0 Å². The van der Waals surface area contributed by atoms with Crippen molar-refractivity contribution in [2.24, 2.45) is 0 Å². The standard InChI is InChI=1S/C16H28N2S2/c1-5-10-18(7-3)12-9-8-11-17(4)14-13(6-2)15(19)16(14)20/h5-12H2,1-4H3. The van der Waals surface area contributed by atoms with Gasteiger partial charge in [-0.15, -0.1) is 0 Å². The summed E-state index contributed by atoms with van der Waals surface area (Å²) in [5.74, 6) is 0. The van der Waals surface area contributed by atoms with Crippen LogP contribution in [-0.2, 0) is 6.42 Å². The molecule has 0 saturated heterocycles. The van der Waals surface area contributed by atoms with E-state index < -0.39 is 0 Å². The van der Waals surface area contributed by atoms with Crippen LogP contribution in [0.5, 0.6) is 0 Å². The second kappa shape index (κ2) is 8.85. The molecule has 0 aliphatic carbocycles. The van der Waals surface area contributed by atoms with Crippen molar-refractivity contribution in [2.75, 3.05) is 38.1 Å². The maximum atomic E-state index is 5.37. The molecule has 0 spiro atoms. The maximum Gasteiger partial charge on any atom is 0.0798 e. The van der Waals surface area contributed by atoms with Gasteiger partial charge in [-0.1, -0.05) is 45.2 Å². The minimum absolute atomic E-state index is 0.903. The third kappa shape index (κ3) is 4.34. The average molecular weight is 313 g/mol. The van der Waals surface area contributed by atoms with Gasteiger partial charge in [0.05, 0.1) is 14.7 Å². The van der Waals surface area contributed by atoms with Crippen molar-refractivity contribution < 1.29 is 0 Å². The molecular formula is C16H28N2S2. The number of nitrogens with zero attached hydrogens (tertiary/aromatic N) is 2. The number of hydrogen-bond acceptors (Lipinski definition) is 4. The third-order valence-corrected chi connectivity index (χ3v) is 4.90. The van der Waals surface area contributed by atoms with E-state index in [1.165, 1.54) is 43.6 Å². The Morgan fingerprint density at radius 1 is 0.900 bits per heavy atom. The fourth-order valence-electron chi connectivity index (χ4n) is 2.70. The predicted molar refractivity (Wildman–Crippen MR) is 94.8 cm³/mol. The first-order valence-corrected chi connectivity index (χ1v) is 8.64. The van der Waals surface area contributed by atoms with Crippen molar-refractivity contribution in [1.82, 2.24) is 4.90 Å². The molecule has 0 aliphatic rings. The first kappa shape index (κ1) is 17.7. The van der Waals surface area contributed by atoms with Gasteiger partial charge in [-0.2, -0.15) is 0 Å².